The second kappa shape index (κ2) is 6.87. The second-order valence-corrected chi connectivity index (χ2v) is 4.36. The van der Waals surface area contributed by atoms with E-state index >= 15 is 0 Å². The average Bonchev–Trinajstić information content (AvgIpc) is 2.42. The average molecular weight is 258 g/mol. The van der Waals surface area contributed by atoms with Crippen LogP contribution in [0, 0.1) is 0 Å². The fourth-order valence-electron chi connectivity index (χ4n) is 1.81. The summed E-state index contributed by atoms with van der Waals surface area (Å²) in [4.78, 5) is 6.08. The number of rotatable bonds is 6. The van der Waals surface area contributed by atoms with E-state index in [2.05, 4.69) is 4.98 Å². The van der Waals surface area contributed by atoms with E-state index in [1.165, 1.54) is 0 Å². The smallest absolute Gasteiger partial charge is 0.145 e. The molecule has 0 saturated heterocycles. The lowest BCUT2D eigenvalue weighted by Crippen LogP contribution is -2.21. The van der Waals surface area contributed by atoms with E-state index in [0.29, 0.717) is 6.54 Å². The minimum absolute atomic E-state index is 0.155. The molecule has 0 spiro atoms. The highest BCUT2D eigenvalue weighted by Crippen LogP contribution is 2.25. The Kier molecular flexibility index (Phi) is 4.89. The van der Waals surface area contributed by atoms with Gasteiger partial charge in [0.25, 0.3) is 0 Å². The third kappa shape index (κ3) is 4.05. The molecule has 0 atom stereocenters. The number of nitrogens with zero attached hydrogens (tertiary/aromatic N) is 2. The minimum atomic E-state index is 0.155. The molecule has 1 N–H and O–H groups in total. The molecule has 1 heterocycles. The number of hydrogen-bond donors (Lipinski definition) is 1. The molecule has 0 radical (unpaired) electrons. The molecule has 4 heteroatoms. The number of likely N-dealkylation sites (N-methyl/N-ethyl adjacent to an activating group) is 1. The Balaban J connectivity index is 2.12. The molecule has 0 fully saturated rings. The number of para-hydroxylation sites is 1. The molecule has 0 saturated carbocycles. The largest absolute Gasteiger partial charge is 0.455 e. The molecule has 1 aromatic heterocycles. The summed E-state index contributed by atoms with van der Waals surface area (Å²) in [5.41, 5.74) is 1.09. The van der Waals surface area contributed by atoms with Gasteiger partial charge in [-0.25, -0.2) is 0 Å². The van der Waals surface area contributed by atoms with Crippen LogP contribution in [0.25, 0.3) is 0 Å². The van der Waals surface area contributed by atoms with Gasteiger partial charge >= 0.3 is 0 Å². The highest BCUT2D eigenvalue weighted by molar-refractivity contribution is 5.36. The Bertz CT molecular complexity index is 503. The Morgan fingerprint density at radius 1 is 1.21 bits per heavy atom. The first-order valence-corrected chi connectivity index (χ1v) is 6.25. The lowest BCUT2D eigenvalue weighted by Gasteiger charge is -2.17. The Labute approximate surface area is 113 Å². The number of aromatic nitrogens is 1. The maximum atomic E-state index is 8.94. The van der Waals surface area contributed by atoms with Gasteiger partial charge in [-0.15, -0.1) is 0 Å². The van der Waals surface area contributed by atoms with E-state index < -0.39 is 0 Å². The summed E-state index contributed by atoms with van der Waals surface area (Å²) < 4.78 is 5.84. The van der Waals surface area contributed by atoms with Crippen LogP contribution >= 0.6 is 0 Å². The van der Waals surface area contributed by atoms with Crippen LogP contribution in [0.2, 0.25) is 0 Å². The third-order valence-corrected chi connectivity index (χ3v) is 2.76. The standard InChI is InChI=1S/C15H18N2O2/c1-17(9-10-18)12-13-5-2-3-7-15(13)19-14-6-4-8-16-11-14/h2-8,11,18H,9-10,12H2,1H3. The van der Waals surface area contributed by atoms with E-state index in [-0.39, 0.29) is 6.61 Å². The van der Waals surface area contributed by atoms with Crippen LogP contribution in [0.4, 0.5) is 0 Å². The van der Waals surface area contributed by atoms with Crippen LogP contribution in [0.1, 0.15) is 5.56 Å². The van der Waals surface area contributed by atoms with Gasteiger partial charge in [-0.1, -0.05) is 18.2 Å². The maximum Gasteiger partial charge on any atom is 0.145 e. The van der Waals surface area contributed by atoms with Crippen molar-refractivity contribution in [1.82, 2.24) is 9.88 Å². The van der Waals surface area contributed by atoms with Gasteiger partial charge in [-0.05, 0) is 25.2 Å². The molecule has 2 rings (SSSR count). The SMILES string of the molecule is CN(CCO)Cc1ccccc1Oc1cccnc1. The molecule has 2 aromatic rings. The normalized spacial score (nSPS) is 10.7. The van der Waals surface area contributed by atoms with Gasteiger partial charge in [0.15, 0.2) is 0 Å². The summed E-state index contributed by atoms with van der Waals surface area (Å²) in [6.45, 7) is 1.53. The van der Waals surface area contributed by atoms with Crippen molar-refractivity contribution in [3.8, 4) is 11.5 Å². The Hall–Kier alpha value is -1.91. The maximum absolute atomic E-state index is 8.94. The van der Waals surface area contributed by atoms with Crippen molar-refractivity contribution in [2.24, 2.45) is 0 Å². The van der Waals surface area contributed by atoms with Crippen molar-refractivity contribution in [2.45, 2.75) is 6.54 Å². The second-order valence-electron chi connectivity index (χ2n) is 4.36. The number of pyridine rings is 1. The molecular formula is C15H18N2O2. The molecule has 0 aliphatic carbocycles. The van der Waals surface area contributed by atoms with Gasteiger partial charge in [0, 0.05) is 24.8 Å². The first kappa shape index (κ1) is 13.5. The van der Waals surface area contributed by atoms with E-state index in [1.807, 2.05) is 48.3 Å². The monoisotopic (exact) mass is 258 g/mol. The molecule has 19 heavy (non-hydrogen) atoms. The molecule has 1 aromatic carbocycles. The predicted molar refractivity (Wildman–Crippen MR) is 74.2 cm³/mol. The third-order valence-electron chi connectivity index (χ3n) is 2.76. The molecule has 4 nitrogen and oxygen atoms in total. The number of aliphatic hydroxyl groups is 1. The summed E-state index contributed by atoms with van der Waals surface area (Å²) in [7, 11) is 1.97. The number of ether oxygens (including phenoxy) is 1. The van der Waals surface area contributed by atoms with Crippen LogP contribution < -0.4 is 4.74 Å². The van der Waals surface area contributed by atoms with E-state index in [4.69, 9.17) is 9.84 Å². The van der Waals surface area contributed by atoms with Gasteiger partial charge in [0.1, 0.15) is 11.5 Å². The highest BCUT2D eigenvalue weighted by atomic mass is 16.5. The highest BCUT2D eigenvalue weighted by Gasteiger charge is 2.07. The van der Waals surface area contributed by atoms with Gasteiger partial charge in [0.05, 0.1) is 12.8 Å². The summed E-state index contributed by atoms with van der Waals surface area (Å²) in [5.74, 6) is 1.54. The van der Waals surface area contributed by atoms with Gasteiger partial charge in [0.2, 0.25) is 0 Å². The lowest BCUT2D eigenvalue weighted by molar-refractivity contribution is 0.216. The van der Waals surface area contributed by atoms with Crippen molar-refractivity contribution in [3.63, 3.8) is 0 Å². The summed E-state index contributed by atoms with van der Waals surface area (Å²) in [5, 5.41) is 8.94. The Morgan fingerprint density at radius 3 is 2.79 bits per heavy atom. The van der Waals surface area contributed by atoms with Crippen molar-refractivity contribution < 1.29 is 9.84 Å². The van der Waals surface area contributed by atoms with Crippen LogP contribution in [0.3, 0.4) is 0 Å². The Morgan fingerprint density at radius 2 is 2.05 bits per heavy atom. The van der Waals surface area contributed by atoms with Gasteiger partial charge in [-0.3, -0.25) is 9.88 Å². The van der Waals surface area contributed by atoms with Crippen molar-refractivity contribution in [2.75, 3.05) is 20.2 Å². The van der Waals surface area contributed by atoms with Crippen LogP contribution in [0.5, 0.6) is 11.5 Å². The molecule has 0 amide bonds. The van der Waals surface area contributed by atoms with Crippen molar-refractivity contribution in [3.05, 3.63) is 54.4 Å². The topological polar surface area (TPSA) is 45.6 Å². The fourth-order valence-corrected chi connectivity index (χ4v) is 1.81. The molecular weight excluding hydrogens is 240 g/mol. The van der Waals surface area contributed by atoms with E-state index in [9.17, 15) is 0 Å². The zero-order valence-electron chi connectivity index (χ0n) is 11.0. The van der Waals surface area contributed by atoms with Gasteiger partial charge < -0.3 is 9.84 Å². The first-order chi connectivity index (χ1) is 9.29. The summed E-state index contributed by atoms with van der Waals surface area (Å²) in [6, 6.07) is 11.6. The zero-order chi connectivity index (χ0) is 13.5. The van der Waals surface area contributed by atoms with E-state index in [0.717, 1.165) is 23.6 Å². The first-order valence-electron chi connectivity index (χ1n) is 6.25. The summed E-state index contributed by atoms with van der Waals surface area (Å²) >= 11 is 0. The molecule has 0 aliphatic heterocycles. The minimum Gasteiger partial charge on any atom is -0.455 e. The lowest BCUT2D eigenvalue weighted by atomic mass is 10.2. The quantitative estimate of drug-likeness (QED) is 0.863. The van der Waals surface area contributed by atoms with Crippen molar-refractivity contribution in [1.29, 1.82) is 0 Å². The van der Waals surface area contributed by atoms with Crippen LogP contribution in [-0.4, -0.2) is 35.2 Å². The van der Waals surface area contributed by atoms with Crippen LogP contribution in [0.15, 0.2) is 48.8 Å². The molecule has 0 unspecified atom stereocenters. The van der Waals surface area contributed by atoms with Gasteiger partial charge in [-0.2, -0.15) is 0 Å². The van der Waals surface area contributed by atoms with Crippen LogP contribution in [-0.2, 0) is 6.54 Å². The van der Waals surface area contributed by atoms with E-state index in [1.54, 1.807) is 12.4 Å². The predicted octanol–water partition coefficient (Wildman–Crippen LogP) is 2.30. The number of hydrogen-bond acceptors (Lipinski definition) is 4. The molecule has 0 aliphatic rings. The number of benzene rings is 1. The summed E-state index contributed by atoms with van der Waals surface area (Å²) in [6.07, 6.45) is 3.40. The van der Waals surface area contributed by atoms with Crippen molar-refractivity contribution >= 4 is 0 Å². The zero-order valence-corrected chi connectivity index (χ0v) is 11.0. The molecule has 0 bridgehead atoms. The number of aliphatic hydroxyl groups excluding tert-OH is 1. The molecule has 100 valence electrons. The fraction of sp³-hybridized carbons (Fsp3) is 0.267.